The van der Waals surface area contributed by atoms with Crippen LogP contribution in [0.5, 0.6) is 0 Å². The zero-order chi connectivity index (χ0) is 12.5. The van der Waals surface area contributed by atoms with Gasteiger partial charge in [0.05, 0.1) is 0 Å². The summed E-state index contributed by atoms with van der Waals surface area (Å²) < 4.78 is 0. The minimum absolute atomic E-state index is 0.111. The van der Waals surface area contributed by atoms with E-state index in [0.717, 1.165) is 18.1 Å². The Kier molecular flexibility index (Phi) is 2.98. The molecule has 0 saturated heterocycles. The minimum Gasteiger partial charge on any atom is -0.365 e. The van der Waals surface area contributed by atoms with E-state index in [-0.39, 0.29) is 6.04 Å². The third-order valence-corrected chi connectivity index (χ3v) is 3.59. The van der Waals surface area contributed by atoms with Crippen molar-refractivity contribution in [2.45, 2.75) is 12.6 Å². The van der Waals surface area contributed by atoms with Crippen molar-refractivity contribution in [1.82, 2.24) is 0 Å². The lowest BCUT2D eigenvalue weighted by atomic mass is 10.1. The van der Waals surface area contributed by atoms with E-state index in [9.17, 15) is 0 Å². The second kappa shape index (κ2) is 4.63. The third-order valence-electron chi connectivity index (χ3n) is 3.36. The predicted octanol–water partition coefficient (Wildman–Crippen LogP) is 3.36. The molecule has 2 aromatic carbocycles. The maximum Gasteiger partial charge on any atom is 0.0493 e. The topological polar surface area (TPSA) is 29.3 Å². The number of anilines is 1. The number of fused-ring (bicyclic) bond motifs is 1. The Bertz CT molecular complexity index is 568. The third kappa shape index (κ3) is 2.09. The summed E-state index contributed by atoms with van der Waals surface area (Å²) in [6, 6.07) is 16.4. The van der Waals surface area contributed by atoms with Gasteiger partial charge in [0, 0.05) is 29.8 Å². The number of para-hydroxylation sites is 1. The molecule has 18 heavy (non-hydrogen) atoms. The molecule has 1 aliphatic heterocycles. The van der Waals surface area contributed by atoms with Crippen LogP contribution in [0.2, 0.25) is 5.02 Å². The molecule has 92 valence electrons. The van der Waals surface area contributed by atoms with E-state index >= 15 is 0 Å². The second-order valence-corrected chi connectivity index (χ2v) is 5.11. The first-order valence-electron chi connectivity index (χ1n) is 6.08. The lowest BCUT2D eigenvalue weighted by molar-refractivity contribution is 0.720. The molecule has 0 aliphatic carbocycles. The van der Waals surface area contributed by atoms with Crippen molar-refractivity contribution in [3.63, 3.8) is 0 Å². The fraction of sp³-hybridized carbons (Fsp3) is 0.200. The van der Waals surface area contributed by atoms with Crippen LogP contribution >= 0.6 is 11.6 Å². The van der Waals surface area contributed by atoms with Gasteiger partial charge >= 0.3 is 0 Å². The van der Waals surface area contributed by atoms with Gasteiger partial charge in [0.2, 0.25) is 0 Å². The Morgan fingerprint density at radius 1 is 1.17 bits per heavy atom. The summed E-state index contributed by atoms with van der Waals surface area (Å²) in [4.78, 5) is 2.31. The van der Waals surface area contributed by atoms with Crippen molar-refractivity contribution in [2.24, 2.45) is 5.73 Å². The molecule has 2 aromatic rings. The Balaban J connectivity index is 1.87. The largest absolute Gasteiger partial charge is 0.365 e. The highest BCUT2D eigenvalue weighted by Gasteiger charge is 2.25. The molecule has 0 amide bonds. The molecular formula is C15H15ClN2. The molecule has 2 N–H and O–H groups in total. The zero-order valence-corrected chi connectivity index (χ0v) is 10.8. The molecule has 1 atom stereocenters. The van der Waals surface area contributed by atoms with Gasteiger partial charge in [0.25, 0.3) is 0 Å². The van der Waals surface area contributed by atoms with Gasteiger partial charge in [-0.25, -0.2) is 0 Å². The van der Waals surface area contributed by atoms with Gasteiger partial charge in [-0.15, -0.1) is 0 Å². The molecule has 3 rings (SSSR count). The van der Waals surface area contributed by atoms with Crippen LogP contribution < -0.4 is 10.6 Å². The molecule has 0 radical (unpaired) electrons. The number of rotatable bonds is 2. The fourth-order valence-electron chi connectivity index (χ4n) is 2.53. The van der Waals surface area contributed by atoms with Crippen LogP contribution in [0.15, 0.2) is 48.5 Å². The molecule has 3 heteroatoms. The van der Waals surface area contributed by atoms with Crippen molar-refractivity contribution >= 4 is 17.3 Å². The van der Waals surface area contributed by atoms with Crippen LogP contribution in [-0.2, 0) is 6.54 Å². The average molecular weight is 259 g/mol. The molecule has 2 nitrogen and oxygen atoms in total. The Labute approximate surface area is 112 Å². The first kappa shape index (κ1) is 11.6. The highest BCUT2D eigenvalue weighted by atomic mass is 35.5. The number of halogens is 1. The van der Waals surface area contributed by atoms with Crippen molar-refractivity contribution in [3.8, 4) is 0 Å². The van der Waals surface area contributed by atoms with Crippen LogP contribution in [0.1, 0.15) is 17.2 Å². The van der Waals surface area contributed by atoms with Crippen molar-refractivity contribution in [3.05, 3.63) is 64.7 Å². The number of nitrogens with two attached hydrogens (primary N) is 1. The Morgan fingerprint density at radius 2 is 2.00 bits per heavy atom. The van der Waals surface area contributed by atoms with Crippen molar-refractivity contribution in [1.29, 1.82) is 0 Å². The molecule has 1 heterocycles. The lowest BCUT2D eigenvalue weighted by Gasteiger charge is -2.19. The monoisotopic (exact) mass is 258 g/mol. The fourth-order valence-corrected chi connectivity index (χ4v) is 2.74. The molecule has 0 fully saturated rings. The summed E-state index contributed by atoms with van der Waals surface area (Å²) in [5.74, 6) is 0. The highest BCUT2D eigenvalue weighted by molar-refractivity contribution is 6.30. The van der Waals surface area contributed by atoms with E-state index in [0.29, 0.717) is 0 Å². The van der Waals surface area contributed by atoms with Crippen molar-refractivity contribution in [2.75, 3.05) is 11.4 Å². The quantitative estimate of drug-likeness (QED) is 0.895. The standard InChI is InChI=1S/C15H15ClN2/c16-12-5-3-4-11(8-12)9-18-10-14(17)13-6-1-2-7-15(13)18/h1-8,14H,9-10,17H2/t14-/m0/s1. The Morgan fingerprint density at radius 3 is 2.83 bits per heavy atom. The van der Waals surface area contributed by atoms with Crippen LogP contribution in [0.25, 0.3) is 0 Å². The molecule has 0 bridgehead atoms. The summed E-state index contributed by atoms with van der Waals surface area (Å²) in [6.45, 7) is 1.72. The van der Waals surface area contributed by atoms with Gasteiger partial charge in [0.15, 0.2) is 0 Å². The molecule has 0 aromatic heterocycles. The summed E-state index contributed by atoms with van der Waals surface area (Å²) >= 11 is 6.02. The van der Waals surface area contributed by atoms with E-state index in [1.165, 1.54) is 16.8 Å². The first-order valence-corrected chi connectivity index (χ1v) is 6.46. The van der Waals surface area contributed by atoms with E-state index < -0.39 is 0 Å². The number of nitrogens with zero attached hydrogens (tertiary/aromatic N) is 1. The SMILES string of the molecule is N[C@H]1CN(Cc2cccc(Cl)c2)c2ccccc21. The lowest BCUT2D eigenvalue weighted by Crippen LogP contribution is -2.23. The smallest absolute Gasteiger partial charge is 0.0493 e. The maximum atomic E-state index is 6.15. The minimum atomic E-state index is 0.111. The van der Waals surface area contributed by atoms with Crippen LogP contribution in [-0.4, -0.2) is 6.54 Å². The van der Waals surface area contributed by atoms with Gasteiger partial charge in [-0.1, -0.05) is 41.9 Å². The number of benzene rings is 2. The zero-order valence-electron chi connectivity index (χ0n) is 10.0. The van der Waals surface area contributed by atoms with Gasteiger partial charge in [0.1, 0.15) is 0 Å². The van der Waals surface area contributed by atoms with E-state index in [1.807, 2.05) is 24.3 Å². The Hall–Kier alpha value is -1.51. The molecule has 1 aliphatic rings. The highest BCUT2D eigenvalue weighted by Crippen LogP contribution is 2.34. The normalized spacial score (nSPS) is 17.9. The van der Waals surface area contributed by atoms with Crippen molar-refractivity contribution < 1.29 is 0 Å². The van der Waals surface area contributed by atoms with Gasteiger partial charge < -0.3 is 10.6 Å². The van der Waals surface area contributed by atoms with Crippen LogP contribution in [0.3, 0.4) is 0 Å². The van der Waals surface area contributed by atoms with Gasteiger partial charge in [-0.05, 0) is 29.3 Å². The summed E-state index contributed by atoms with van der Waals surface area (Å²) in [5.41, 5.74) is 9.84. The van der Waals surface area contributed by atoms with E-state index in [1.54, 1.807) is 0 Å². The molecular weight excluding hydrogens is 244 g/mol. The second-order valence-electron chi connectivity index (χ2n) is 4.68. The van der Waals surface area contributed by atoms with Gasteiger partial charge in [-0.3, -0.25) is 0 Å². The van der Waals surface area contributed by atoms with E-state index in [2.05, 4.69) is 29.2 Å². The summed E-state index contributed by atoms with van der Waals surface area (Å²) in [7, 11) is 0. The van der Waals surface area contributed by atoms with Crippen LogP contribution in [0, 0.1) is 0 Å². The van der Waals surface area contributed by atoms with Crippen LogP contribution in [0.4, 0.5) is 5.69 Å². The van der Waals surface area contributed by atoms with E-state index in [4.69, 9.17) is 17.3 Å². The summed E-state index contributed by atoms with van der Waals surface area (Å²) in [6.07, 6.45) is 0. The first-order chi connectivity index (χ1) is 8.74. The predicted molar refractivity (Wildman–Crippen MR) is 75.9 cm³/mol. The maximum absolute atomic E-state index is 6.15. The number of hydrogen-bond donors (Lipinski definition) is 1. The molecule has 0 saturated carbocycles. The molecule has 0 unspecified atom stereocenters. The molecule has 0 spiro atoms. The summed E-state index contributed by atoms with van der Waals surface area (Å²) in [5, 5.41) is 0.782. The van der Waals surface area contributed by atoms with Gasteiger partial charge in [-0.2, -0.15) is 0 Å². The average Bonchev–Trinajstić information content (AvgIpc) is 2.67. The number of hydrogen-bond acceptors (Lipinski definition) is 2.